The molecule has 1 N–H and O–H groups in total. The van der Waals surface area contributed by atoms with Gasteiger partial charge < -0.3 is 14.6 Å². The summed E-state index contributed by atoms with van der Waals surface area (Å²) in [6.07, 6.45) is -0.366. The molecule has 1 aromatic carbocycles. The highest BCUT2D eigenvalue weighted by atomic mass is 19.4. The van der Waals surface area contributed by atoms with Crippen molar-refractivity contribution >= 4 is 18.0 Å². The number of anilines is 2. The van der Waals surface area contributed by atoms with E-state index in [-0.39, 0.29) is 36.5 Å². The van der Waals surface area contributed by atoms with Crippen molar-refractivity contribution in [3.05, 3.63) is 54.4 Å². The molecular weight excluding hydrogens is 439 g/mol. The summed E-state index contributed by atoms with van der Waals surface area (Å²) in [6.45, 7) is 6.07. The maximum atomic E-state index is 12.8. The third kappa shape index (κ3) is 4.73. The summed E-state index contributed by atoms with van der Waals surface area (Å²) in [5.74, 6) is 0.590. The van der Waals surface area contributed by atoms with Gasteiger partial charge in [-0.15, -0.1) is 0 Å². The van der Waals surface area contributed by atoms with Crippen LogP contribution in [0.3, 0.4) is 0 Å². The molecule has 1 aliphatic heterocycles. The molecule has 1 unspecified atom stereocenters. The SMILES string of the molecule is CC(C)C1COC(=O)N1c1ncnc(N[C@@H](C)c2cn(-c3ccc(C(F)(F)F)cc3)cn2)n1. The van der Waals surface area contributed by atoms with Crippen LogP contribution in [0, 0.1) is 5.92 Å². The van der Waals surface area contributed by atoms with Crippen LogP contribution in [0.2, 0.25) is 0 Å². The Kier molecular flexibility index (Phi) is 5.91. The second kappa shape index (κ2) is 8.68. The van der Waals surface area contributed by atoms with Crippen molar-refractivity contribution < 1.29 is 22.7 Å². The fraction of sp³-hybridized carbons (Fsp3) is 0.381. The molecule has 12 heteroatoms. The van der Waals surface area contributed by atoms with Crippen molar-refractivity contribution in [2.45, 2.75) is 39.0 Å². The Hall–Kier alpha value is -3.70. The van der Waals surface area contributed by atoms with Crippen LogP contribution in [0.1, 0.15) is 38.1 Å². The minimum atomic E-state index is -4.39. The second-order valence-corrected chi connectivity index (χ2v) is 7.98. The van der Waals surface area contributed by atoms with Gasteiger partial charge in [0.25, 0.3) is 0 Å². The zero-order valence-corrected chi connectivity index (χ0v) is 18.1. The van der Waals surface area contributed by atoms with Crippen LogP contribution in [0.5, 0.6) is 0 Å². The van der Waals surface area contributed by atoms with Gasteiger partial charge in [-0.3, -0.25) is 0 Å². The van der Waals surface area contributed by atoms with Crippen molar-refractivity contribution in [1.29, 1.82) is 0 Å². The molecule has 0 spiro atoms. The molecule has 1 aliphatic rings. The highest BCUT2D eigenvalue weighted by molar-refractivity contribution is 5.88. The lowest BCUT2D eigenvalue weighted by atomic mass is 10.1. The summed E-state index contributed by atoms with van der Waals surface area (Å²) in [5.41, 5.74) is 0.454. The van der Waals surface area contributed by atoms with Gasteiger partial charge in [0.05, 0.1) is 29.7 Å². The normalized spacial score (nSPS) is 17.4. The number of benzene rings is 1. The van der Waals surface area contributed by atoms with Crippen LogP contribution in [-0.2, 0) is 10.9 Å². The first kappa shape index (κ1) is 22.5. The van der Waals surface area contributed by atoms with Crippen LogP contribution in [0.25, 0.3) is 5.69 Å². The molecule has 33 heavy (non-hydrogen) atoms. The first-order valence-corrected chi connectivity index (χ1v) is 10.3. The number of carbonyl (C=O) groups excluding carboxylic acids is 1. The van der Waals surface area contributed by atoms with E-state index >= 15 is 0 Å². The number of hydrogen-bond donors (Lipinski definition) is 1. The predicted octanol–water partition coefficient (Wildman–Crippen LogP) is 4.23. The maximum absolute atomic E-state index is 12.8. The average Bonchev–Trinajstić information content (AvgIpc) is 3.41. The van der Waals surface area contributed by atoms with Gasteiger partial charge in [0.2, 0.25) is 11.9 Å². The summed E-state index contributed by atoms with van der Waals surface area (Å²) in [5, 5.41) is 3.11. The number of hydrogen-bond acceptors (Lipinski definition) is 7. The van der Waals surface area contributed by atoms with Crippen molar-refractivity contribution in [3.8, 4) is 5.69 Å². The number of nitrogens with one attached hydrogen (secondary N) is 1. The van der Waals surface area contributed by atoms with E-state index in [1.807, 2.05) is 20.8 Å². The Morgan fingerprint density at radius 1 is 1.12 bits per heavy atom. The zero-order chi connectivity index (χ0) is 23.8. The fourth-order valence-corrected chi connectivity index (χ4v) is 3.42. The lowest BCUT2D eigenvalue weighted by molar-refractivity contribution is -0.137. The molecule has 3 heterocycles. The van der Waals surface area contributed by atoms with E-state index in [1.165, 1.54) is 29.7 Å². The molecule has 1 amide bonds. The molecular formula is C21H22F3N7O2. The van der Waals surface area contributed by atoms with Crippen LogP contribution in [0.4, 0.5) is 29.9 Å². The first-order valence-electron chi connectivity index (χ1n) is 10.3. The summed E-state index contributed by atoms with van der Waals surface area (Å²) in [7, 11) is 0. The smallest absolute Gasteiger partial charge is 0.417 e. The monoisotopic (exact) mass is 461 g/mol. The van der Waals surface area contributed by atoms with Crippen molar-refractivity contribution in [2.24, 2.45) is 5.92 Å². The molecule has 2 aromatic heterocycles. The Morgan fingerprint density at radius 3 is 2.52 bits per heavy atom. The van der Waals surface area contributed by atoms with Gasteiger partial charge in [0, 0.05) is 11.9 Å². The lowest BCUT2D eigenvalue weighted by Crippen LogP contribution is -2.38. The second-order valence-electron chi connectivity index (χ2n) is 7.98. The number of amides is 1. The van der Waals surface area contributed by atoms with E-state index < -0.39 is 17.8 Å². The molecule has 1 saturated heterocycles. The summed E-state index contributed by atoms with van der Waals surface area (Å²) in [6, 6.07) is 4.30. The van der Waals surface area contributed by atoms with Gasteiger partial charge in [-0.1, -0.05) is 13.8 Å². The highest BCUT2D eigenvalue weighted by Gasteiger charge is 2.38. The minimum Gasteiger partial charge on any atom is -0.447 e. The average molecular weight is 461 g/mol. The molecule has 0 bridgehead atoms. The molecule has 4 rings (SSSR count). The molecule has 9 nitrogen and oxygen atoms in total. The first-order chi connectivity index (χ1) is 15.6. The van der Waals surface area contributed by atoms with E-state index in [0.29, 0.717) is 11.4 Å². The Bertz CT molecular complexity index is 1130. The van der Waals surface area contributed by atoms with Gasteiger partial charge >= 0.3 is 12.3 Å². The third-order valence-electron chi connectivity index (χ3n) is 5.33. The largest absolute Gasteiger partial charge is 0.447 e. The topological polar surface area (TPSA) is 98.1 Å². The van der Waals surface area contributed by atoms with Crippen molar-refractivity contribution in [2.75, 3.05) is 16.8 Å². The number of carbonyl (C=O) groups is 1. The van der Waals surface area contributed by atoms with Crippen LogP contribution >= 0.6 is 0 Å². The Labute approximate surface area is 187 Å². The Morgan fingerprint density at radius 2 is 1.85 bits per heavy atom. The van der Waals surface area contributed by atoms with E-state index in [9.17, 15) is 18.0 Å². The minimum absolute atomic E-state index is 0.151. The van der Waals surface area contributed by atoms with E-state index in [4.69, 9.17) is 4.74 Å². The number of alkyl halides is 3. The molecule has 0 radical (unpaired) electrons. The molecule has 0 saturated carbocycles. The molecule has 3 aromatic rings. The van der Waals surface area contributed by atoms with Crippen LogP contribution in [-0.4, -0.2) is 43.2 Å². The van der Waals surface area contributed by atoms with Gasteiger partial charge in [0.1, 0.15) is 12.9 Å². The summed E-state index contributed by atoms with van der Waals surface area (Å²) >= 11 is 0. The predicted molar refractivity (Wildman–Crippen MR) is 113 cm³/mol. The quantitative estimate of drug-likeness (QED) is 0.587. The van der Waals surface area contributed by atoms with Gasteiger partial charge in [-0.05, 0) is 37.1 Å². The zero-order valence-electron chi connectivity index (χ0n) is 18.1. The Balaban J connectivity index is 1.48. The number of nitrogens with zero attached hydrogens (tertiary/aromatic N) is 6. The number of imidazole rings is 1. The van der Waals surface area contributed by atoms with Gasteiger partial charge in [-0.25, -0.2) is 24.6 Å². The molecule has 2 atom stereocenters. The molecule has 0 aliphatic carbocycles. The number of aromatic nitrogens is 5. The van der Waals surface area contributed by atoms with Crippen molar-refractivity contribution in [3.63, 3.8) is 0 Å². The number of ether oxygens (including phenoxy) is 1. The van der Waals surface area contributed by atoms with E-state index in [2.05, 4.69) is 25.3 Å². The maximum Gasteiger partial charge on any atom is 0.417 e. The van der Waals surface area contributed by atoms with Crippen LogP contribution < -0.4 is 10.2 Å². The van der Waals surface area contributed by atoms with Gasteiger partial charge in [-0.2, -0.15) is 18.2 Å². The highest BCUT2D eigenvalue weighted by Crippen LogP contribution is 2.30. The van der Waals surface area contributed by atoms with E-state index in [0.717, 1.165) is 12.1 Å². The standard InChI is InChI=1S/C21H22F3N7O2/c1-12(2)17-9-33-20(32)31(17)19-26-10-25-18(29-19)28-13(3)16-8-30(11-27-16)15-6-4-14(5-7-15)21(22,23)24/h4-8,10-13,17H,9H2,1-3H3,(H,25,26,28,29)/t13-,17?/m0/s1. The number of halogens is 3. The molecule has 174 valence electrons. The van der Waals surface area contributed by atoms with Crippen LogP contribution in [0.15, 0.2) is 43.1 Å². The number of cyclic esters (lactones) is 1. The number of rotatable bonds is 6. The third-order valence-corrected chi connectivity index (χ3v) is 5.33. The van der Waals surface area contributed by atoms with Gasteiger partial charge in [0.15, 0.2) is 0 Å². The molecule has 1 fully saturated rings. The lowest BCUT2D eigenvalue weighted by Gasteiger charge is -2.22. The van der Waals surface area contributed by atoms with E-state index in [1.54, 1.807) is 10.8 Å². The summed E-state index contributed by atoms with van der Waals surface area (Å²) in [4.78, 5) is 30.5. The fourth-order valence-electron chi connectivity index (χ4n) is 3.42. The van der Waals surface area contributed by atoms with Crippen molar-refractivity contribution in [1.82, 2.24) is 24.5 Å². The summed E-state index contributed by atoms with van der Waals surface area (Å²) < 4.78 is 45.1.